The van der Waals surface area contributed by atoms with Gasteiger partial charge in [0, 0.05) is 0 Å². The lowest BCUT2D eigenvalue weighted by Gasteiger charge is -2.09. The molecule has 86 valence electrons. The summed E-state index contributed by atoms with van der Waals surface area (Å²) in [6, 6.07) is 3.85. The van der Waals surface area contributed by atoms with Crippen LogP contribution in [0.3, 0.4) is 0 Å². The van der Waals surface area contributed by atoms with Gasteiger partial charge in [-0.15, -0.1) is 0 Å². The van der Waals surface area contributed by atoms with Crippen LogP contribution in [0.25, 0.3) is 0 Å². The van der Waals surface area contributed by atoms with Crippen LogP contribution in [-0.2, 0) is 4.79 Å². The molecule has 5 N–H and O–H groups in total. The SMILES string of the molecule is NC(=O)NC(=O)COc1c(N)cccc1Cl. The zero-order chi connectivity index (χ0) is 12.1. The first-order valence-corrected chi connectivity index (χ1v) is 4.64. The second kappa shape index (κ2) is 5.22. The largest absolute Gasteiger partial charge is 0.480 e. The van der Waals surface area contributed by atoms with Crippen LogP contribution in [0.2, 0.25) is 5.02 Å². The van der Waals surface area contributed by atoms with Crippen molar-refractivity contribution in [3.05, 3.63) is 23.2 Å². The van der Waals surface area contributed by atoms with Crippen molar-refractivity contribution in [3.63, 3.8) is 0 Å². The van der Waals surface area contributed by atoms with Crippen molar-refractivity contribution in [2.24, 2.45) is 5.73 Å². The molecule has 0 saturated carbocycles. The van der Waals surface area contributed by atoms with Gasteiger partial charge in [0.15, 0.2) is 12.4 Å². The van der Waals surface area contributed by atoms with Gasteiger partial charge in [0.1, 0.15) is 0 Å². The monoisotopic (exact) mass is 243 g/mol. The van der Waals surface area contributed by atoms with E-state index in [-0.39, 0.29) is 10.8 Å². The fraction of sp³-hybridized carbons (Fsp3) is 0.111. The van der Waals surface area contributed by atoms with Gasteiger partial charge < -0.3 is 16.2 Å². The number of urea groups is 1. The second-order valence-electron chi connectivity index (χ2n) is 2.86. The molecule has 0 spiro atoms. The fourth-order valence-corrected chi connectivity index (χ4v) is 1.23. The number of carbonyl (C=O) groups is 2. The summed E-state index contributed by atoms with van der Waals surface area (Å²) in [6.07, 6.45) is 0. The highest BCUT2D eigenvalue weighted by Crippen LogP contribution is 2.30. The molecule has 0 radical (unpaired) electrons. The summed E-state index contributed by atoms with van der Waals surface area (Å²) in [5.41, 5.74) is 10.6. The standard InChI is InChI=1S/C9H10ClN3O3/c10-5-2-1-3-6(11)8(5)16-4-7(14)13-9(12)15/h1-3H,4,11H2,(H3,12,13,14,15). The summed E-state index contributed by atoms with van der Waals surface area (Å²) >= 11 is 5.79. The first-order chi connectivity index (χ1) is 7.50. The summed E-state index contributed by atoms with van der Waals surface area (Å²) in [5, 5.41) is 2.13. The number of anilines is 1. The molecule has 7 heteroatoms. The number of hydrogen-bond acceptors (Lipinski definition) is 4. The Morgan fingerprint density at radius 1 is 1.44 bits per heavy atom. The van der Waals surface area contributed by atoms with E-state index in [1.807, 2.05) is 5.32 Å². The number of nitrogens with one attached hydrogen (secondary N) is 1. The second-order valence-corrected chi connectivity index (χ2v) is 3.27. The van der Waals surface area contributed by atoms with Crippen molar-refractivity contribution in [1.82, 2.24) is 5.32 Å². The Bertz CT molecular complexity index is 402. The minimum absolute atomic E-state index is 0.198. The number of primary amides is 1. The average molecular weight is 244 g/mol. The van der Waals surface area contributed by atoms with Crippen LogP contribution in [0, 0.1) is 0 Å². The third-order valence-electron chi connectivity index (χ3n) is 1.61. The summed E-state index contributed by atoms with van der Waals surface area (Å²) in [6.45, 7) is -0.392. The van der Waals surface area contributed by atoms with E-state index in [1.165, 1.54) is 0 Å². The molecule has 0 aromatic heterocycles. The predicted molar refractivity (Wildman–Crippen MR) is 59.1 cm³/mol. The molecule has 0 bridgehead atoms. The first kappa shape index (κ1) is 12.1. The maximum Gasteiger partial charge on any atom is 0.318 e. The van der Waals surface area contributed by atoms with Crippen LogP contribution >= 0.6 is 11.6 Å². The molecule has 0 unspecified atom stereocenters. The Hall–Kier alpha value is -1.95. The number of carbonyl (C=O) groups excluding carboxylic acids is 2. The number of ether oxygens (including phenoxy) is 1. The zero-order valence-electron chi connectivity index (χ0n) is 8.20. The summed E-state index contributed by atoms with van der Waals surface area (Å²) < 4.78 is 5.05. The molecule has 0 aliphatic carbocycles. The van der Waals surface area contributed by atoms with Gasteiger partial charge in [-0.25, -0.2) is 4.79 Å². The lowest BCUT2D eigenvalue weighted by atomic mass is 10.3. The Kier molecular flexibility index (Phi) is 3.96. The Morgan fingerprint density at radius 3 is 2.69 bits per heavy atom. The number of para-hydroxylation sites is 1. The highest BCUT2D eigenvalue weighted by Gasteiger charge is 2.09. The third kappa shape index (κ3) is 3.32. The van der Waals surface area contributed by atoms with Gasteiger partial charge in [0.2, 0.25) is 0 Å². The zero-order valence-corrected chi connectivity index (χ0v) is 8.95. The minimum atomic E-state index is -0.944. The number of rotatable bonds is 3. The van der Waals surface area contributed by atoms with E-state index in [1.54, 1.807) is 18.2 Å². The van der Waals surface area contributed by atoms with Crippen molar-refractivity contribution in [2.45, 2.75) is 0 Å². The molecular formula is C9H10ClN3O3. The lowest BCUT2D eigenvalue weighted by molar-refractivity contribution is -0.121. The number of halogens is 1. The predicted octanol–water partition coefficient (Wildman–Crippen LogP) is 0.496. The fourth-order valence-electron chi connectivity index (χ4n) is 0.989. The molecule has 0 aliphatic rings. The summed E-state index contributed by atoms with van der Waals surface area (Å²) in [7, 11) is 0. The number of imide groups is 1. The van der Waals surface area contributed by atoms with E-state index in [0.717, 1.165) is 0 Å². The van der Waals surface area contributed by atoms with Gasteiger partial charge in [0.05, 0.1) is 10.7 Å². The van der Waals surface area contributed by atoms with Crippen molar-refractivity contribution in [3.8, 4) is 5.75 Å². The topological polar surface area (TPSA) is 107 Å². The minimum Gasteiger partial charge on any atom is -0.480 e. The van der Waals surface area contributed by atoms with Gasteiger partial charge in [-0.1, -0.05) is 17.7 Å². The molecule has 3 amide bonds. The third-order valence-corrected chi connectivity index (χ3v) is 1.91. The van der Waals surface area contributed by atoms with Gasteiger partial charge in [-0.2, -0.15) is 0 Å². The Labute approximate surface area is 96.5 Å². The number of amides is 3. The van der Waals surface area contributed by atoms with E-state index < -0.39 is 18.5 Å². The van der Waals surface area contributed by atoms with Gasteiger partial charge in [-0.3, -0.25) is 10.1 Å². The molecule has 6 nitrogen and oxygen atoms in total. The molecule has 1 aromatic carbocycles. The highest BCUT2D eigenvalue weighted by molar-refractivity contribution is 6.32. The van der Waals surface area contributed by atoms with E-state index in [0.29, 0.717) is 5.69 Å². The van der Waals surface area contributed by atoms with Crippen LogP contribution < -0.4 is 21.5 Å². The van der Waals surface area contributed by atoms with Gasteiger partial charge in [0.25, 0.3) is 5.91 Å². The van der Waals surface area contributed by atoms with Gasteiger partial charge in [-0.05, 0) is 12.1 Å². The summed E-state index contributed by atoms with van der Waals surface area (Å²) in [4.78, 5) is 21.4. The van der Waals surface area contributed by atoms with Crippen LogP contribution in [0.5, 0.6) is 5.75 Å². The van der Waals surface area contributed by atoms with E-state index in [9.17, 15) is 9.59 Å². The van der Waals surface area contributed by atoms with E-state index >= 15 is 0 Å². The Morgan fingerprint density at radius 2 is 2.12 bits per heavy atom. The molecule has 1 rings (SSSR count). The van der Waals surface area contributed by atoms with Crippen LogP contribution in [0.15, 0.2) is 18.2 Å². The van der Waals surface area contributed by atoms with Crippen molar-refractivity contribution >= 4 is 29.2 Å². The highest BCUT2D eigenvalue weighted by atomic mass is 35.5. The van der Waals surface area contributed by atoms with Crippen molar-refractivity contribution < 1.29 is 14.3 Å². The summed E-state index contributed by atoms with van der Waals surface area (Å²) in [5.74, 6) is -0.476. The Balaban J connectivity index is 2.61. The molecule has 0 saturated heterocycles. The van der Waals surface area contributed by atoms with Crippen molar-refractivity contribution in [1.29, 1.82) is 0 Å². The van der Waals surface area contributed by atoms with Gasteiger partial charge >= 0.3 is 6.03 Å². The quantitative estimate of drug-likeness (QED) is 0.672. The molecule has 1 aromatic rings. The van der Waals surface area contributed by atoms with Crippen LogP contribution in [0.1, 0.15) is 0 Å². The molecule has 0 fully saturated rings. The van der Waals surface area contributed by atoms with Crippen molar-refractivity contribution in [2.75, 3.05) is 12.3 Å². The maximum atomic E-state index is 11.0. The molecule has 0 aliphatic heterocycles. The smallest absolute Gasteiger partial charge is 0.318 e. The number of benzene rings is 1. The normalized spacial score (nSPS) is 9.56. The maximum absolute atomic E-state index is 11.0. The first-order valence-electron chi connectivity index (χ1n) is 4.26. The molecule has 0 heterocycles. The van der Waals surface area contributed by atoms with E-state index in [4.69, 9.17) is 27.8 Å². The number of nitrogens with two attached hydrogens (primary N) is 2. The number of hydrogen-bond donors (Lipinski definition) is 3. The van der Waals surface area contributed by atoms with Crippen LogP contribution in [0.4, 0.5) is 10.5 Å². The lowest BCUT2D eigenvalue weighted by Crippen LogP contribution is -2.38. The molecule has 0 atom stereocenters. The van der Waals surface area contributed by atoms with E-state index in [2.05, 4.69) is 0 Å². The average Bonchev–Trinajstić information content (AvgIpc) is 2.15. The molecule has 16 heavy (non-hydrogen) atoms. The number of nitrogen functional groups attached to an aromatic ring is 1. The van der Waals surface area contributed by atoms with Crippen LogP contribution in [-0.4, -0.2) is 18.5 Å². The molecular weight excluding hydrogens is 234 g/mol.